The van der Waals surface area contributed by atoms with E-state index in [-0.39, 0.29) is 26.1 Å². The Kier molecular flexibility index (Phi) is 8.32. The van der Waals surface area contributed by atoms with Crippen LogP contribution in [0.15, 0.2) is 21.9 Å². The second-order valence-corrected chi connectivity index (χ2v) is 11.1. The summed E-state index contributed by atoms with van der Waals surface area (Å²) in [6, 6.07) is 1.20. The highest BCUT2D eigenvalue weighted by Gasteiger charge is 2.46. The van der Waals surface area contributed by atoms with Crippen molar-refractivity contribution >= 4 is 7.60 Å². The minimum atomic E-state index is -4.35. The van der Waals surface area contributed by atoms with Gasteiger partial charge in [-0.25, -0.2) is 4.79 Å². The van der Waals surface area contributed by atoms with E-state index in [4.69, 9.17) is 18.7 Å². The van der Waals surface area contributed by atoms with Gasteiger partial charge in [-0.15, -0.1) is 0 Å². The van der Waals surface area contributed by atoms with Gasteiger partial charge in [0.05, 0.1) is 18.8 Å². The van der Waals surface area contributed by atoms with Crippen LogP contribution in [0.1, 0.15) is 67.0 Å². The minimum absolute atomic E-state index is 0.0368. The Balaban J connectivity index is 2.19. The van der Waals surface area contributed by atoms with Crippen LogP contribution in [0.25, 0.3) is 0 Å². The Morgan fingerprint density at radius 1 is 1.34 bits per heavy atom. The Hall–Kier alpha value is -1.33. The number of hydrogen-bond donors (Lipinski definition) is 3. The summed E-state index contributed by atoms with van der Waals surface area (Å²) in [4.78, 5) is 36.3. The number of aliphatic hydroxyl groups is 1. The first-order chi connectivity index (χ1) is 14.7. The fourth-order valence-corrected chi connectivity index (χ4v) is 4.54. The highest BCUT2D eigenvalue weighted by atomic mass is 31.2. The van der Waals surface area contributed by atoms with Crippen molar-refractivity contribution in [3.63, 3.8) is 0 Å². The molecular formula is C20H35N2O9P. The van der Waals surface area contributed by atoms with Crippen molar-refractivity contribution in [1.29, 1.82) is 0 Å². The van der Waals surface area contributed by atoms with Gasteiger partial charge in [0.2, 0.25) is 0 Å². The molecule has 2 rings (SSSR count). The number of hydrogen-bond acceptors (Lipinski definition) is 8. The molecule has 3 N–H and O–H groups in total. The van der Waals surface area contributed by atoms with Crippen molar-refractivity contribution in [3.8, 4) is 0 Å². The third-order valence-electron chi connectivity index (χ3n) is 5.76. The van der Waals surface area contributed by atoms with Gasteiger partial charge in [-0.1, -0.05) is 13.8 Å². The minimum Gasteiger partial charge on any atom is -0.378 e. The van der Waals surface area contributed by atoms with Gasteiger partial charge < -0.3 is 28.7 Å². The van der Waals surface area contributed by atoms with E-state index in [1.165, 1.54) is 23.8 Å². The lowest BCUT2D eigenvalue weighted by molar-refractivity contribution is -0.170. The van der Waals surface area contributed by atoms with Crippen LogP contribution in [-0.2, 0) is 23.3 Å². The lowest BCUT2D eigenvalue weighted by atomic mass is 10.0. The molecule has 0 aliphatic carbocycles. The maximum atomic E-state index is 12.6. The third-order valence-corrected chi connectivity index (χ3v) is 7.99. The Morgan fingerprint density at radius 2 is 2.00 bits per heavy atom. The van der Waals surface area contributed by atoms with Crippen molar-refractivity contribution in [2.75, 3.05) is 13.2 Å². The summed E-state index contributed by atoms with van der Waals surface area (Å²) >= 11 is 0. The normalized spacial score (nSPS) is 24.9. The molecule has 0 radical (unpaired) electrons. The number of aromatic amines is 1. The molecule has 1 aliphatic heterocycles. The molecule has 1 saturated heterocycles. The van der Waals surface area contributed by atoms with Crippen molar-refractivity contribution in [1.82, 2.24) is 9.55 Å². The van der Waals surface area contributed by atoms with E-state index in [2.05, 4.69) is 4.98 Å². The van der Waals surface area contributed by atoms with Gasteiger partial charge in [0.1, 0.15) is 6.10 Å². The second-order valence-electron chi connectivity index (χ2n) is 8.88. The van der Waals surface area contributed by atoms with Crippen LogP contribution in [0.2, 0.25) is 0 Å². The molecule has 5 atom stereocenters. The van der Waals surface area contributed by atoms with E-state index < -0.39 is 47.9 Å². The molecule has 11 nitrogen and oxygen atoms in total. The fraction of sp³-hybridized carbons (Fsp3) is 0.800. The van der Waals surface area contributed by atoms with Gasteiger partial charge in [-0.3, -0.25) is 18.9 Å². The molecule has 2 heterocycles. The van der Waals surface area contributed by atoms with Gasteiger partial charge in [-0.2, -0.15) is 0 Å². The Labute approximate surface area is 187 Å². The van der Waals surface area contributed by atoms with Crippen molar-refractivity contribution < 1.29 is 33.3 Å². The number of nitrogens with one attached hydrogen (secondary N) is 1. The summed E-state index contributed by atoms with van der Waals surface area (Å²) in [6.07, 6.45) is 0.382. The Morgan fingerprint density at radius 3 is 2.50 bits per heavy atom. The molecule has 1 aromatic rings. The van der Waals surface area contributed by atoms with Gasteiger partial charge in [0, 0.05) is 18.7 Å². The van der Waals surface area contributed by atoms with Gasteiger partial charge >= 0.3 is 13.3 Å². The quantitative estimate of drug-likeness (QED) is 0.406. The smallest absolute Gasteiger partial charge is 0.359 e. The zero-order valence-electron chi connectivity index (χ0n) is 19.5. The first-order valence-corrected chi connectivity index (χ1v) is 12.2. The molecule has 1 aromatic heterocycles. The van der Waals surface area contributed by atoms with Crippen LogP contribution < -0.4 is 11.2 Å². The van der Waals surface area contributed by atoms with Crippen molar-refractivity contribution in [2.45, 2.75) is 89.9 Å². The molecule has 12 heteroatoms. The van der Waals surface area contributed by atoms with Crippen LogP contribution in [0.5, 0.6) is 0 Å². The molecular weight excluding hydrogens is 443 g/mol. The zero-order chi connectivity index (χ0) is 24.4. The SMILES string of the molecule is CCC(C)(CCOC([C@H]1COC(C)(C)O1)n1ccc(=O)[nH]c1=O)OP(=O)(O)C(C)(O)CC. The average molecular weight is 478 g/mol. The second kappa shape index (κ2) is 9.89. The number of aromatic nitrogens is 2. The standard InChI is InChI=1S/C20H35N2O9P/c1-7-19(5,31-32(26,27)20(6,25)8-2)10-12-28-16(14-13-29-18(3,4)30-14)22-11-9-15(23)21-17(22)24/h9,11,14,16,25H,7-8,10,12-13H2,1-6H3,(H,26,27)(H,21,23,24)/t14-,16?,19?,20?/m1/s1. The van der Waals surface area contributed by atoms with Gasteiger partial charge in [-0.05, 0) is 40.5 Å². The lowest BCUT2D eigenvalue weighted by Crippen LogP contribution is -2.40. The molecule has 0 amide bonds. The van der Waals surface area contributed by atoms with E-state index >= 15 is 0 Å². The van der Waals surface area contributed by atoms with Crippen molar-refractivity contribution in [2.24, 2.45) is 0 Å². The third kappa shape index (κ3) is 6.38. The first kappa shape index (κ1) is 26.9. The van der Waals surface area contributed by atoms with E-state index in [9.17, 15) is 24.2 Å². The molecule has 4 unspecified atom stereocenters. The predicted molar refractivity (Wildman–Crippen MR) is 116 cm³/mol. The molecule has 1 fully saturated rings. The average Bonchev–Trinajstić information content (AvgIpc) is 3.05. The summed E-state index contributed by atoms with van der Waals surface area (Å²) in [5.41, 5.74) is -2.28. The molecule has 184 valence electrons. The zero-order valence-corrected chi connectivity index (χ0v) is 20.4. The molecule has 1 aliphatic rings. The van der Waals surface area contributed by atoms with Gasteiger partial charge in [0.25, 0.3) is 5.56 Å². The van der Waals surface area contributed by atoms with Crippen LogP contribution in [0.4, 0.5) is 0 Å². The number of rotatable bonds is 11. The molecule has 0 aromatic carbocycles. The first-order valence-electron chi connectivity index (χ1n) is 10.7. The molecule has 0 spiro atoms. The maximum absolute atomic E-state index is 12.6. The maximum Gasteiger partial charge on any atom is 0.359 e. The van der Waals surface area contributed by atoms with E-state index in [1.54, 1.807) is 34.6 Å². The highest BCUT2D eigenvalue weighted by molar-refractivity contribution is 7.54. The Bertz CT molecular complexity index is 941. The number of nitrogens with zero attached hydrogens (tertiary/aromatic N) is 1. The van der Waals surface area contributed by atoms with E-state index in [0.29, 0.717) is 6.42 Å². The number of ether oxygens (including phenoxy) is 3. The monoisotopic (exact) mass is 478 g/mol. The van der Waals surface area contributed by atoms with Crippen molar-refractivity contribution in [3.05, 3.63) is 33.1 Å². The van der Waals surface area contributed by atoms with E-state index in [0.717, 1.165) is 0 Å². The van der Waals surface area contributed by atoms with Crippen LogP contribution >= 0.6 is 7.60 Å². The summed E-state index contributed by atoms with van der Waals surface area (Å²) in [6.45, 7) is 9.98. The summed E-state index contributed by atoms with van der Waals surface area (Å²) in [7, 11) is -4.35. The van der Waals surface area contributed by atoms with E-state index in [1.807, 2.05) is 0 Å². The van der Waals surface area contributed by atoms with Crippen LogP contribution in [-0.4, -0.2) is 55.6 Å². The van der Waals surface area contributed by atoms with Crippen LogP contribution in [0.3, 0.4) is 0 Å². The van der Waals surface area contributed by atoms with Crippen LogP contribution in [0, 0.1) is 0 Å². The lowest BCUT2D eigenvalue weighted by Gasteiger charge is -2.36. The largest absolute Gasteiger partial charge is 0.378 e. The topological polar surface area (TPSA) is 149 Å². The fourth-order valence-electron chi connectivity index (χ4n) is 3.13. The molecule has 0 saturated carbocycles. The molecule has 0 bridgehead atoms. The summed E-state index contributed by atoms with van der Waals surface area (Å²) < 4.78 is 36.8. The number of H-pyrrole nitrogens is 1. The summed E-state index contributed by atoms with van der Waals surface area (Å²) in [5, 5.41) is 8.37. The van der Waals surface area contributed by atoms with Gasteiger partial charge in [0.15, 0.2) is 17.4 Å². The summed E-state index contributed by atoms with van der Waals surface area (Å²) in [5.74, 6) is -0.867. The predicted octanol–water partition coefficient (Wildman–Crippen LogP) is 2.08. The molecule has 32 heavy (non-hydrogen) atoms. The highest BCUT2D eigenvalue weighted by Crippen LogP contribution is 2.58.